The van der Waals surface area contributed by atoms with E-state index < -0.39 is 59.0 Å². The zero-order chi connectivity index (χ0) is 31.3. The molecule has 0 aromatic rings. The smallest absolute Gasteiger partial charge is 0.442 e. The van der Waals surface area contributed by atoms with Crippen LogP contribution in [0.5, 0.6) is 0 Å². The van der Waals surface area contributed by atoms with Crippen LogP contribution in [0.15, 0.2) is 0 Å². The number of alkyl halides is 3. The summed E-state index contributed by atoms with van der Waals surface area (Å²) in [5, 5.41) is 5.48. The SMILES string of the molecule is CC(C)(C)OC(=O)N(C[C@H]1CCCNC1=O)NC(=O)[C@@H]1[C@@H]2[C@H](CN1C(=O)[C@@H](NC(=O)C(F)(F)F)C(C)(C)C)C2(C)C. The second-order valence-corrected chi connectivity index (χ2v) is 13.9. The minimum Gasteiger partial charge on any atom is -0.442 e. The Hall–Kier alpha value is -3.06. The van der Waals surface area contributed by atoms with E-state index in [-0.39, 0.29) is 36.2 Å². The van der Waals surface area contributed by atoms with E-state index in [1.54, 1.807) is 20.8 Å². The Morgan fingerprint density at radius 2 is 1.73 bits per heavy atom. The lowest BCUT2D eigenvalue weighted by molar-refractivity contribution is -0.176. The first-order chi connectivity index (χ1) is 18.6. The van der Waals surface area contributed by atoms with Gasteiger partial charge in [0, 0.05) is 13.1 Å². The Kier molecular flexibility index (Phi) is 8.69. The van der Waals surface area contributed by atoms with Crippen LogP contribution in [-0.2, 0) is 23.9 Å². The topological polar surface area (TPSA) is 137 Å². The van der Waals surface area contributed by atoms with Crippen LogP contribution >= 0.6 is 0 Å². The number of nitrogens with zero attached hydrogens (tertiary/aromatic N) is 2. The zero-order valence-electron chi connectivity index (χ0n) is 24.9. The van der Waals surface area contributed by atoms with Crippen LogP contribution in [0.4, 0.5) is 18.0 Å². The summed E-state index contributed by atoms with van der Waals surface area (Å²) in [6.45, 7) is 13.8. The summed E-state index contributed by atoms with van der Waals surface area (Å²) in [5.41, 5.74) is 0.183. The summed E-state index contributed by atoms with van der Waals surface area (Å²) in [5.74, 6) is -5.12. The molecule has 0 spiro atoms. The lowest BCUT2D eigenvalue weighted by atomic mass is 9.85. The van der Waals surface area contributed by atoms with Crippen LogP contribution in [0.2, 0.25) is 0 Å². The fourth-order valence-electron chi connectivity index (χ4n) is 5.75. The molecule has 2 aliphatic heterocycles. The van der Waals surface area contributed by atoms with Gasteiger partial charge in [-0.3, -0.25) is 24.6 Å². The van der Waals surface area contributed by atoms with E-state index in [2.05, 4.69) is 10.7 Å². The molecule has 5 amide bonds. The van der Waals surface area contributed by atoms with E-state index in [0.29, 0.717) is 19.4 Å². The van der Waals surface area contributed by atoms with E-state index in [1.165, 1.54) is 25.7 Å². The number of hydrogen-bond acceptors (Lipinski definition) is 6. The van der Waals surface area contributed by atoms with E-state index in [4.69, 9.17) is 4.74 Å². The molecule has 0 unspecified atom stereocenters. The Labute approximate surface area is 238 Å². The molecule has 41 heavy (non-hydrogen) atoms. The molecular weight excluding hydrogens is 547 g/mol. The zero-order valence-corrected chi connectivity index (χ0v) is 24.9. The first-order valence-electron chi connectivity index (χ1n) is 13.8. The van der Waals surface area contributed by atoms with Gasteiger partial charge in [-0.1, -0.05) is 34.6 Å². The normalized spacial score (nSPS) is 26.3. The fourth-order valence-corrected chi connectivity index (χ4v) is 5.75. The quantitative estimate of drug-likeness (QED) is 0.421. The number of nitrogens with one attached hydrogen (secondary N) is 3. The summed E-state index contributed by atoms with van der Waals surface area (Å²) in [4.78, 5) is 66.1. The third kappa shape index (κ3) is 7.24. The Morgan fingerprint density at radius 3 is 2.24 bits per heavy atom. The van der Waals surface area contributed by atoms with Crippen LogP contribution < -0.4 is 16.1 Å². The average Bonchev–Trinajstić information content (AvgIpc) is 3.13. The molecule has 2 saturated heterocycles. The van der Waals surface area contributed by atoms with Crippen molar-refractivity contribution in [3.63, 3.8) is 0 Å². The summed E-state index contributed by atoms with van der Waals surface area (Å²) in [6, 6.07) is -2.69. The number of hydrazine groups is 1. The molecule has 232 valence electrons. The number of carbonyl (C=O) groups excluding carboxylic acids is 5. The highest BCUT2D eigenvalue weighted by atomic mass is 19.4. The Morgan fingerprint density at radius 1 is 1.12 bits per heavy atom. The van der Waals surface area contributed by atoms with Gasteiger partial charge in [0.25, 0.3) is 5.91 Å². The minimum absolute atomic E-state index is 0.0977. The predicted molar refractivity (Wildman–Crippen MR) is 141 cm³/mol. The number of piperidine rings is 2. The monoisotopic (exact) mass is 589 g/mol. The average molecular weight is 590 g/mol. The molecule has 11 nitrogen and oxygen atoms in total. The first kappa shape index (κ1) is 32.5. The molecule has 5 atom stereocenters. The van der Waals surface area contributed by atoms with Gasteiger partial charge in [0.1, 0.15) is 17.7 Å². The second kappa shape index (κ2) is 11.0. The van der Waals surface area contributed by atoms with Crippen molar-refractivity contribution in [3.05, 3.63) is 0 Å². The van der Waals surface area contributed by atoms with Gasteiger partial charge in [-0.2, -0.15) is 13.2 Å². The Balaban J connectivity index is 1.89. The van der Waals surface area contributed by atoms with E-state index in [0.717, 1.165) is 5.01 Å². The van der Waals surface area contributed by atoms with Gasteiger partial charge >= 0.3 is 18.2 Å². The van der Waals surface area contributed by atoms with Crippen LogP contribution in [-0.4, -0.2) is 83.1 Å². The number of likely N-dealkylation sites (tertiary alicyclic amines) is 1. The Bertz CT molecular complexity index is 1080. The molecule has 0 bridgehead atoms. The van der Waals surface area contributed by atoms with Gasteiger partial charge in [-0.05, 0) is 56.3 Å². The number of fused-ring (bicyclic) bond motifs is 1. The summed E-state index contributed by atoms with van der Waals surface area (Å²) in [6.07, 6.45) is -4.92. The van der Waals surface area contributed by atoms with Crippen molar-refractivity contribution in [2.24, 2.45) is 28.6 Å². The molecule has 0 aromatic heterocycles. The van der Waals surface area contributed by atoms with Gasteiger partial charge in [-0.25, -0.2) is 9.80 Å². The summed E-state index contributed by atoms with van der Waals surface area (Å²) < 4.78 is 44.7. The number of amides is 5. The molecule has 3 fully saturated rings. The third-order valence-corrected chi connectivity index (χ3v) is 8.07. The molecule has 3 rings (SSSR count). The fraction of sp³-hybridized carbons (Fsp3) is 0.815. The van der Waals surface area contributed by atoms with Crippen LogP contribution in [0.3, 0.4) is 0 Å². The molecular formula is C27H42F3N5O6. The van der Waals surface area contributed by atoms with Crippen molar-refractivity contribution in [1.29, 1.82) is 0 Å². The largest absolute Gasteiger partial charge is 0.471 e. The molecule has 1 saturated carbocycles. The first-order valence-corrected chi connectivity index (χ1v) is 13.8. The second-order valence-electron chi connectivity index (χ2n) is 13.9. The number of carbonyl (C=O) groups is 5. The maximum absolute atomic E-state index is 13.8. The van der Waals surface area contributed by atoms with Gasteiger partial charge in [0.2, 0.25) is 11.8 Å². The minimum atomic E-state index is -5.20. The third-order valence-electron chi connectivity index (χ3n) is 8.07. The van der Waals surface area contributed by atoms with Gasteiger partial charge in [-0.15, -0.1) is 0 Å². The van der Waals surface area contributed by atoms with E-state index in [1.807, 2.05) is 19.2 Å². The van der Waals surface area contributed by atoms with Crippen LogP contribution in [0.25, 0.3) is 0 Å². The number of halogens is 3. The lowest BCUT2D eigenvalue weighted by Gasteiger charge is -2.38. The van der Waals surface area contributed by atoms with Gasteiger partial charge in [0.15, 0.2) is 0 Å². The summed E-state index contributed by atoms with van der Waals surface area (Å²) in [7, 11) is 0. The number of hydrogen-bond donors (Lipinski definition) is 3. The maximum atomic E-state index is 13.8. The van der Waals surface area contributed by atoms with Crippen molar-refractivity contribution < 1.29 is 41.9 Å². The highest BCUT2D eigenvalue weighted by Crippen LogP contribution is 2.65. The van der Waals surface area contributed by atoms with Crippen molar-refractivity contribution >= 4 is 29.7 Å². The highest BCUT2D eigenvalue weighted by molar-refractivity contribution is 5.95. The molecule has 3 N–H and O–H groups in total. The number of rotatable bonds is 5. The lowest BCUT2D eigenvalue weighted by Crippen LogP contribution is -2.62. The van der Waals surface area contributed by atoms with Crippen molar-refractivity contribution in [3.8, 4) is 0 Å². The molecule has 0 radical (unpaired) electrons. The molecule has 1 aliphatic carbocycles. The maximum Gasteiger partial charge on any atom is 0.471 e. The molecule has 0 aromatic carbocycles. The molecule has 14 heteroatoms. The summed E-state index contributed by atoms with van der Waals surface area (Å²) >= 11 is 0. The van der Waals surface area contributed by atoms with Crippen LogP contribution in [0, 0.1) is 28.6 Å². The standard InChI is InChI=1S/C27H42F3N5O6/c1-24(2,3)18(32-22(39)27(28,29)30)21(38)34-13-15-16(26(15,7)8)17(34)20(37)33-35(23(40)41-25(4,5)6)12-14-10-9-11-31-19(14)36/h14-18H,9-13H2,1-8H3,(H,31,36)(H,32,39)(H,33,37)/t14-,15+,16+,17+,18-/m1/s1. The van der Waals surface area contributed by atoms with Crippen molar-refractivity contribution in [2.45, 2.75) is 92.1 Å². The van der Waals surface area contributed by atoms with Gasteiger partial charge in [0.05, 0.1) is 12.5 Å². The van der Waals surface area contributed by atoms with Crippen molar-refractivity contribution in [1.82, 2.24) is 26.0 Å². The van der Waals surface area contributed by atoms with Crippen molar-refractivity contribution in [2.75, 3.05) is 19.6 Å². The van der Waals surface area contributed by atoms with E-state index in [9.17, 15) is 37.1 Å². The van der Waals surface area contributed by atoms with Crippen LogP contribution in [0.1, 0.15) is 68.2 Å². The van der Waals surface area contributed by atoms with E-state index >= 15 is 0 Å². The van der Waals surface area contributed by atoms with Gasteiger partial charge < -0.3 is 20.3 Å². The molecule has 2 heterocycles. The highest BCUT2D eigenvalue weighted by Gasteiger charge is 2.70. The number of ether oxygens (including phenoxy) is 1. The predicted octanol–water partition coefficient (Wildman–Crippen LogP) is 2.36. The molecule has 3 aliphatic rings.